The quantitative estimate of drug-likeness (QED) is 0.0919. The van der Waals surface area contributed by atoms with Gasteiger partial charge in [0.05, 0.1) is 22.1 Å². The van der Waals surface area contributed by atoms with E-state index in [2.05, 4.69) is 85.1 Å². The summed E-state index contributed by atoms with van der Waals surface area (Å²) in [5.41, 5.74) is 8.02. The molecule has 0 atom stereocenters. The summed E-state index contributed by atoms with van der Waals surface area (Å²) in [6, 6.07) is 25.3. The fourth-order valence-electron chi connectivity index (χ4n) is 4.35. The maximum Gasteiger partial charge on any atom is 2.00 e. The maximum atomic E-state index is 7.13. The van der Waals surface area contributed by atoms with Crippen LogP contribution in [-0.2, 0) is 29.9 Å². The minimum atomic E-state index is 0. The van der Waals surface area contributed by atoms with Crippen molar-refractivity contribution < 1.29 is 17.1 Å². The molecule has 191 valence electrons. The molecule has 0 aliphatic carbocycles. The summed E-state index contributed by atoms with van der Waals surface area (Å²) in [7, 11) is 0. The molecule has 6 rings (SSSR count). The van der Waals surface area contributed by atoms with Crippen LogP contribution in [0, 0.1) is 13.8 Å². The first kappa shape index (κ1) is 29.8. The third kappa shape index (κ3) is 6.99. The number of rotatable bonds is 3. The largest absolute Gasteiger partial charge is 2.00 e. The van der Waals surface area contributed by atoms with Gasteiger partial charge < -0.3 is 10.8 Å². The Morgan fingerprint density at radius 3 is 1.10 bits per heavy atom. The number of aromatic nitrogens is 4. The number of benzene rings is 2. The first-order valence-corrected chi connectivity index (χ1v) is 12.6. The molecule has 0 N–H and O–H groups in total. The second-order valence-electron chi connectivity index (χ2n) is 8.61. The molecule has 6 nitrogen and oxygen atoms in total. The summed E-state index contributed by atoms with van der Waals surface area (Å²) >= 11 is 7.40. The normalized spacial score (nSPS) is 10.0. The fourth-order valence-corrected chi connectivity index (χ4v) is 4.35. The van der Waals surface area contributed by atoms with Gasteiger partial charge in [0.2, 0.25) is 0 Å². The van der Waals surface area contributed by atoms with Crippen molar-refractivity contribution >= 4 is 78.4 Å². The van der Waals surface area contributed by atoms with Gasteiger partial charge in [-0.25, -0.2) is 0 Å². The van der Waals surface area contributed by atoms with Crippen molar-refractivity contribution in [1.29, 1.82) is 0 Å². The molecule has 9 heteroatoms. The fraction of sp³-hybridized carbons (Fsp3) is 0.133. The van der Waals surface area contributed by atoms with Crippen LogP contribution in [-0.4, -0.2) is 30.3 Å². The Labute approximate surface area is 247 Å². The molecule has 0 saturated heterocycles. The van der Waals surface area contributed by atoms with Crippen LogP contribution < -0.4 is 0 Å². The average molecular weight is 586 g/mol. The van der Waals surface area contributed by atoms with Gasteiger partial charge in [-0.15, -0.1) is 0 Å². The summed E-state index contributed by atoms with van der Waals surface area (Å²) < 4.78 is 0. The molecular formula is C30H22MnN6S2. The van der Waals surface area contributed by atoms with Crippen LogP contribution >= 0.6 is 24.4 Å². The molecule has 6 aromatic rings. The molecule has 0 saturated carbocycles. The molecule has 4 heterocycles. The number of fused-ring (bicyclic) bond motifs is 6. The number of nitrogens with zero attached hydrogens (tertiary/aromatic N) is 6. The van der Waals surface area contributed by atoms with E-state index in [0.717, 1.165) is 79.2 Å². The van der Waals surface area contributed by atoms with Crippen LogP contribution in [0.5, 0.6) is 0 Å². The third-order valence-electron chi connectivity index (χ3n) is 6.07. The molecular weight excluding hydrogens is 563 g/mol. The van der Waals surface area contributed by atoms with Crippen molar-refractivity contribution in [2.24, 2.45) is 0 Å². The summed E-state index contributed by atoms with van der Waals surface area (Å²) in [4.78, 5) is 19.5. The van der Waals surface area contributed by atoms with E-state index >= 15 is 0 Å². The van der Waals surface area contributed by atoms with Crippen LogP contribution in [0.1, 0.15) is 22.8 Å². The zero-order valence-electron chi connectivity index (χ0n) is 21.2. The van der Waals surface area contributed by atoms with Gasteiger partial charge in [-0.2, -0.15) is 10.3 Å². The summed E-state index contributed by atoms with van der Waals surface area (Å²) in [6.07, 6.45) is 1.65. The standard InChI is InChI=1S/C28H22N4.2CNS.Mn/c1-17-3-5-19-7-9-21-11-13-23(31-27(21)25(19)29-17)15-16-24-14-12-22-10-8-20-6-4-18(2)30-26(20)28(22)32-24;2*2-1-3;/h3-14H,15-16H2,1-2H3;;;/q;2*-1;+2. The molecule has 0 bridgehead atoms. The summed E-state index contributed by atoms with van der Waals surface area (Å²) in [6.45, 7) is 4.04. The Hall–Kier alpha value is -3.80. The zero-order chi connectivity index (χ0) is 27.1. The van der Waals surface area contributed by atoms with Crippen molar-refractivity contribution in [2.45, 2.75) is 26.7 Å². The predicted octanol–water partition coefficient (Wildman–Crippen LogP) is 7.60. The Bertz CT molecular complexity index is 1720. The topological polar surface area (TPSA) is 96.2 Å². The molecule has 0 fully saturated rings. The van der Waals surface area contributed by atoms with Gasteiger partial charge in [-0.3, -0.25) is 19.9 Å². The van der Waals surface area contributed by atoms with Crippen LogP contribution in [0.25, 0.3) is 54.4 Å². The molecule has 0 aliphatic heterocycles. The van der Waals surface area contributed by atoms with E-state index in [1.165, 1.54) is 10.3 Å². The van der Waals surface area contributed by atoms with Crippen LogP contribution in [0.2, 0.25) is 0 Å². The predicted molar refractivity (Wildman–Crippen MR) is 163 cm³/mol. The van der Waals surface area contributed by atoms with Crippen molar-refractivity contribution in [3.63, 3.8) is 0 Å². The zero-order valence-corrected chi connectivity index (χ0v) is 24.0. The van der Waals surface area contributed by atoms with Crippen molar-refractivity contribution in [3.05, 3.63) is 106 Å². The molecule has 0 spiro atoms. The van der Waals surface area contributed by atoms with E-state index in [-0.39, 0.29) is 17.1 Å². The van der Waals surface area contributed by atoms with E-state index in [0.29, 0.717) is 0 Å². The Morgan fingerprint density at radius 1 is 0.513 bits per heavy atom. The maximum absolute atomic E-state index is 7.13. The van der Waals surface area contributed by atoms with E-state index in [4.69, 9.17) is 30.8 Å². The summed E-state index contributed by atoms with van der Waals surface area (Å²) in [5.74, 6) is 0. The number of pyridine rings is 4. The SMILES string of the molecule is Cc1ccc2ccc3ccc(CCc4ccc5ccc6ccc(C)nc6c5n4)nc3c2n1.[Mn+2].[N-]=C=S.[N-]=C=S. The average Bonchev–Trinajstić information content (AvgIpc) is 2.92. The van der Waals surface area contributed by atoms with Crippen LogP contribution in [0.4, 0.5) is 0 Å². The van der Waals surface area contributed by atoms with Crippen molar-refractivity contribution in [2.75, 3.05) is 0 Å². The second kappa shape index (κ2) is 13.8. The van der Waals surface area contributed by atoms with Gasteiger partial charge in [0.15, 0.2) is 0 Å². The Balaban J connectivity index is 0.000000553. The molecule has 0 aliphatic rings. The third-order valence-corrected chi connectivity index (χ3v) is 6.07. The van der Waals surface area contributed by atoms with Gasteiger partial charge >= 0.3 is 17.1 Å². The van der Waals surface area contributed by atoms with Gasteiger partial charge in [0.1, 0.15) is 0 Å². The minimum absolute atomic E-state index is 0. The monoisotopic (exact) mass is 585 g/mol. The Kier molecular flexibility index (Phi) is 10.6. The molecule has 39 heavy (non-hydrogen) atoms. The van der Waals surface area contributed by atoms with Gasteiger partial charge in [0.25, 0.3) is 0 Å². The first-order chi connectivity index (χ1) is 18.5. The van der Waals surface area contributed by atoms with Crippen LogP contribution in [0.15, 0.2) is 72.8 Å². The number of hydrogen-bond acceptors (Lipinski definition) is 6. The molecule has 0 amide bonds. The smallest absolute Gasteiger partial charge is 0.753 e. The van der Waals surface area contributed by atoms with Gasteiger partial charge in [0, 0.05) is 44.3 Å². The van der Waals surface area contributed by atoms with E-state index < -0.39 is 0 Å². The molecule has 4 aromatic heterocycles. The number of aryl methyl sites for hydroxylation is 4. The minimum Gasteiger partial charge on any atom is -0.753 e. The van der Waals surface area contributed by atoms with Gasteiger partial charge in [-0.05, 0) is 51.0 Å². The Morgan fingerprint density at radius 2 is 0.769 bits per heavy atom. The number of thiocarbonyl (C=S) groups is 2. The van der Waals surface area contributed by atoms with Gasteiger partial charge in [-0.1, -0.05) is 73.0 Å². The first-order valence-electron chi connectivity index (χ1n) is 11.8. The number of hydrogen-bond donors (Lipinski definition) is 0. The molecule has 2 aromatic carbocycles. The molecule has 0 unspecified atom stereocenters. The van der Waals surface area contributed by atoms with Crippen molar-refractivity contribution in [1.82, 2.24) is 19.9 Å². The number of isothiocyanates is 2. The van der Waals surface area contributed by atoms with Crippen molar-refractivity contribution in [3.8, 4) is 0 Å². The van der Waals surface area contributed by atoms with Crippen LogP contribution in [0.3, 0.4) is 0 Å². The summed E-state index contributed by atoms with van der Waals surface area (Å²) in [5, 5.41) is 21.4. The molecule has 1 radical (unpaired) electrons. The van der Waals surface area contributed by atoms with E-state index in [9.17, 15) is 0 Å². The second-order valence-corrected chi connectivity index (χ2v) is 8.98. The van der Waals surface area contributed by atoms with E-state index in [1.807, 2.05) is 26.0 Å². The van der Waals surface area contributed by atoms with E-state index in [1.54, 1.807) is 0 Å².